The number of aryl methyl sites for hydroxylation is 3. The fraction of sp³-hybridized carbons (Fsp3) is 0.222. The first-order valence-corrected chi connectivity index (χ1v) is 16.3. The van der Waals surface area contributed by atoms with Crippen molar-refractivity contribution in [3.8, 4) is 28.7 Å². The molecule has 12 heteroatoms. The summed E-state index contributed by atoms with van der Waals surface area (Å²) in [6.07, 6.45) is 2.41. The molecule has 0 bridgehead atoms. The van der Waals surface area contributed by atoms with Crippen molar-refractivity contribution in [1.29, 1.82) is 0 Å². The number of nitrogens with zero attached hydrogens (tertiary/aromatic N) is 3. The standard InChI is InChI=1S/C36H33N3O7S2/c1-5-20-15-25(30(42)17-28(20)40)35(26-16-21(6-2)29(41)18-31(26)43)37-38-36(47,48)39(35,23-7-9-32-22(14-23)11-12-45-32)27-8-10-33(44-4)34-24(27)13-19(3)46-34/h7-18H,5-6H2,1-4H3,(H5-,40,41,42,43,47,48)/p+1. The molecule has 1 aliphatic heterocycles. The summed E-state index contributed by atoms with van der Waals surface area (Å²) >= 11 is 10.3. The smallest absolute Gasteiger partial charge is 0.314 e. The minimum absolute atomic E-state index is 0.105. The maximum Gasteiger partial charge on any atom is 0.314 e. The summed E-state index contributed by atoms with van der Waals surface area (Å²) in [4.78, 5) is 0. The van der Waals surface area contributed by atoms with Gasteiger partial charge in [-0.15, -0.1) is 5.11 Å². The first kappa shape index (κ1) is 31.8. The highest BCUT2D eigenvalue weighted by atomic mass is 32.2. The lowest BCUT2D eigenvalue weighted by molar-refractivity contribution is 0.219. The number of methoxy groups -OCH3 is 1. The van der Waals surface area contributed by atoms with E-state index in [-0.39, 0.29) is 34.1 Å². The zero-order valence-electron chi connectivity index (χ0n) is 26.6. The Kier molecular flexibility index (Phi) is 7.39. The van der Waals surface area contributed by atoms with Gasteiger partial charge in [-0.1, -0.05) is 44.2 Å². The molecule has 4 aromatic carbocycles. The van der Waals surface area contributed by atoms with E-state index in [1.807, 2.05) is 57.2 Å². The Morgan fingerprint density at radius 2 is 1.44 bits per heavy atom. The van der Waals surface area contributed by atoms with Crippen LogP contribution in [0.3, 0.4) is 0 Å². The lowest BCUT2D eigenvalue weighted by atomic mass is 9.82. The maximum atomic E-state index is 11.9. The molecule has 6 aromatic rings. The van der Waals surface area contributed by atoms with Crippen molar-refractivity contribution >= 4 is 58.6 Å². The fourth-order valence-electron chi connectivity index (χ4n) is 7.13. The van der Waals surface area contributed by atoms with Gasteiger partial charge < -0.3 is 34.0 Å². The summed E-state index contributed by atoms with van der Waals surface area (Å²) in [5.74, 6) is 0.247. The average molecular weight is 685 g/mol. The Balaban J connectivity index is 1.78. The minimum Gasteiger partial charge on any atom is -0.508 e. The van der Waals surface area contributed by atoms with E-state index in [4.69, 9.17) is 49.1 Å². The van der Waals surface area contributed by atoms with Gasteiger partial charge in [0, 0.05) is 35.7 Å². The van der Waals surface area contributed by atoms with E-state index in [9.17, 15) is 20.4 Å². The van der Waals surface area contributed by atoms with Gasteiger partial charge in [0.05, 0.1) is 29.9 Å². The van der Waals surface area contributed by atoms with E-state index >= 15 is 0 Å². The van der Waals surface area contributed by atoms with Gasteiger partial charge in [0.1, 0.15) is 40.0 Å². The van der Waals surface area contributed by atoms with Crippen LogP contribution in [-0.2, 0) is 18.5 Å². The van der Waals surface area contributed by atoms with Gasteiger partial charge in [-0.2, -0.15) is 4.48 Å². The van der Waals surface area contributed by atoms with Crippen molar-refractivity contribution in [2.24, 2.45) is 10.2 Å². The van der Waals surface area contributed by atoms with Gasteiger partial charge in [-0.25, -0.2) is 0 Å². The van der Waals surface area contributed by atoms with Crippen molar-refractivity contribution in [3.05, 3.63) is 101 Å². The van der Waals surface area contributed by atoms with Crippen molar-refractivity contribution in [1.82, 2.24) is 4.48 Å². The summed E-state index contributed by atoms with van der Waals surface area (Å²) < 4.78 is 15.4. The van der Waals surface area contributed by atoms with Crippen LogP contribution in [0, 0.1) is 6.92 Å². The zero-order valence-corrected chi connectivity index (χ0v) is 28.4. The minimum atomic E-state index is -1.89. The monoisotopic (exact) mass is 684 g/mol. The molecule has 0 saturated heterocycles. The predicted molar refractivity (Wildman–Crippen MR) is 190 cm³/mol. The van der Waals surface area contributed by atoms with Crippen LogP contribution in [-0.4, -0.2) is 31.9 Å². The van der Waals surface area contributed by atoms with Crippen LogP contribution >= 0.6 is 25.3 Å². The van der Waals surface area contributed by atoms with Crippen LogP contribution in [0.2, 0.25) is 0 Å². The normalized spacial score (nSPS) is 18.2. The summed E-state index contributed by atoms with van der Waals surface area (Å²) in [5.41, 5.74) is 1.71. The molecule has 0 saturated carbocycles. The molecule has 3 heterocycles. The Morgan fingerprint density at radius 1 is 0.792 bits per heavy atom. The quantitative estimate of drug-likeness (QED) is 0.0560. The SMILES string of the molecule is CCc1cc(C2(c3cc(CC)c(O)cc3O)N=NC(S)(S)[N+]2(c2ccc3occc3c2)c2ccc(OC)c3oc(C)cc23)c(O)cc1O. The molecule has 246 valence electrons. The summed E-state index contributed by atoms with van der Waals surface area (Å²) in [7, 11) is 1.55. The summed E-state index contributed by atoms with van der Waals surface area (Å²) in [6.45, 7) is 5.58. The topological polar surface area (TPSA) is 141 Å². The van der Waals surface area contributed by atoms with Crippen LogP contribution in [0.1, 0.15) is 41.9 Å². The van der Waals surface area contributed by atoms with Gasteiger partial charge in [0.15, 0.2) is 17.0 Å². The largest absolute Gasteiger partial charge is 0.508 e. The first-order valence-electron chi connectivity index (χ1n) is 15.4. The van der Waals surface area contributed by atoms with E-state index in [0.29, 0.717) is 63.4 Å². The second-order valence-corrected chi connectivity index (χ2v) is 13.5. The number of azo groups is 1. The molecule has 0 radical (unpaired) electrons. The van der Waals surface area contributed by atoms with Crippen molar-refractivity contribution in [2.75, 3.05) is 7.11 Å². The molecular weight excluding hydrogens is 651 g/mol. The fourth-order valence-corrected chi connectivity index (χ4v) is 7.96. The van der Waals surface area contributed by atoms with Crippen LogP contribution < -0.4 is 9.22 Å². The maximum absolute atomic E-state index is 11.9. The molecule has 0 amide bonds. The second-order valence-electron chi connectivity index (χ2n) is 11.9. The predicted octanol–water partition coefficient (Wildman–Crippen LogP) is 8.92. The van der Waals surface area contributed by atoms with E-state index in [1.54, 1.807) is 31.6 Å². The lowest BCUT2D eigenvalue weighted by Crippen LogP contribution is -2.64. The van der Waals surface area contributed by atoms with Gasteiger partial charge >= 0.3 is 4.33 Å². The van der Waals surface area contributed by atoms with Gasteiger partial charge in [0.2, 0.25) is 0 Å². The number of aromatic hydroxyl groups is 4. The molecule has 10 nitrogen and oxygen atoms in total. The zero-order chi connectivity index (χ0) is 34.2. The molecular formula is C36H34N3O7S2+. The molecule has 4 N–H and O–H groups in total. The van der Waals surface area contributed by atoms with E-state index in [0.717, 1.165) is 5.39 Å². The number of hydrogen-bond donors (Lipinski definition) is 6. The molecule has 0 aliphatic carbocycles. The number of rotatable bonds is 7. The number of phenols is 4. The van der Waals surface area contributed by atoms with Crippen molar-refractivity contribution in [3.63, 3.8) is 0 Å². The number of quaternary nitrogens is 1. The third-order valence-corrected chi connectivity index (χ3v) is 10.1. The summed E-state index contributed by atoms with van der Waals surface area (Å²) in [6, 6.07) is 18.7. The molecule has 0 fully saturated rings. The third kappa shape index (κ3) is 4.19. The van der Waals surface area contributed by atoms with Gasteiger partial charge in [0.25, 0.3) is 5.66 Å². The Morgan fingerprint density at radius 3 is 2.04 bits per heavy atom. The van der Waals surface area contributed by atoms with Crippen molar-refractivity contribution in [2.45, 2.75) is 43.6 Å². The van der Waals surface area contributed by atoms with E-state index < -0.39 is 14.5 Å². The van der Waals surface area contributed by atoms with Gasteiger partial charge in [-0.05, 0) is 67.3 Å². The molecule has 2 aromatic heterocycles. The molecule has 1 unspecified atom stereocenters. The van der Waals surface area contributed by atoms with E-state index in [1.165, 1.54) is 12.1 Å². The number of fused-ring (bicyclic) bond motifs is 2. The number of thiol groups is 2. The molecule has 7 rings (SSSR count). The van der Waals surface area contributed by atoms with Crippen LogP contribution in [0.25, 0.3) is 21.9 Å². The van der Waals surface area contributed by atoms with E-state index in [2.05, 4.69) is 0 Å². The lowest BCUT2D eigenvalue weighted by Gasteiger charge is -2.50. The number of furan rings is 2. The van der Waals surface area contributed by atoms with Crippen LogP contribution in [0.4, 0.5) is 11.4 Å². The van der Waals surface area contributed by atoms with Crippen molar-refractivity contribution < 1.29 is 34.0 Å². The molecule has 0 spiro atoms. The molecule has 1 atom stereocenters. The Hall–Kier alpha value is -4.78. The average Bonchev–Trinajstić information content (AvgIpc) is 3.75. The summed E-state index contributed by atoms with van der Waals surface area (Å²) in [5, 5.41) is 56.7. The molecule has 1 aliphatic rings. The van der Waals surface area contributed by atoms with Crippen LogP contribution in [0.15, 0.2) is 92.1 Å². The first-order chi connectivity index (χ1) is 22.9. The third-order valence-electron chi connectivity index (χ3n) is 9.32. The molecule has 48 heavy (non-hydrogen) atoms. The Bertz CT molecular complexity index is 2220. The second kappa shape index (κ2) is 11.1. The highest BCUT2D eigenvalue weighted by Gasteiger charge is 2.73. The highest BCUT2D eigenvalue weighted by Crippen LogP contribution is 2.67. The Labute approximate surface area is 286 Å². The highest BCUT2D eigenvalue weighted by molar-refractivity contribution is 8.00. The number of phenolic OH excluding ortho intramolecular Hbond substituents is 4. The van der Waals surface area contributed by atoms with Gasteiger partial charge in [-0.3, -0.25) is 0 Å². The number of hydrogen-bond acceptors (Lipinski definition) is 11. The number of ether oxygens (including phenoxy) is 1. The van der Waals surface area contributed by atoms with Crippen LogP contribution in [0.5, 0.6) is 28.7 Å². The number of benzene rings is 4.